The molecule has 0 radical (unpaired) electrons. The van der Waals surface area contributed by atoms with Gasteiger partial charge in [0.1, 0.15) is 5.75 Å². The summed E-state index contributed by atoms with van der Waals surface area (Å²) in [5.41, 5.74) is 3.47. The third-order valence-electron chi connectivity index (χ3n) is 4.49. The van der Waals surface area contributed by atoms with Gasteiger partial charge in [-0.2, -0.15) is 0 Å². The Morgan fingerprint density at radius 3 is 2.64 bits per heavy atom. The average molecular weight is 375 g/mol. The highest BCUT2D eigenvalue weighted by Gasteiger charge is 2.16. The molecule has 0 atom stereocenters. The predicted molar refractivity (Wildman–Crippen MR) is 113 cm³/mol. The highest BCUT2D eigenvalue weighted by atomic mass is 16.5. The molecule has 0 fully saturated rings. The van der Waals surface area contributed by atoms with E-state index in [1.165, 1.54) is 5.56 Å². The summed E-state index contributed by atoms with van der Waals surface area (Å²) in [4.78, 5) is 18.9. The fourth-order valence-corrected chi connectivity index (χ4v) is 3.04. The van der Waals surface area contributed by atoms with Gasteiger partial charge in [0.15, 0.2) is 0 Å². The molecule has 5 nitrogen and oxygen atoms in total. The van der Waals surface area contributed by atoms with E-state index in [1.807, 2.05) is 61.5 Å². The van der Waals surface area contributed by atoms with E-state index in [-0.39, 0.29) is 5.91 Å². The molecule has 1 heterocycles. The number of ether oxygens (including phenoxy) is 1. The zero-order chi connectivity index (χ0) is 19.8. The van der Waals surface area contributed by atoms with Crippen LogP contribution in [-0.4, -0.2) is 31.1 Å². The van der Waals surface area contributed by atoms with Gasteiger partial charge in [-0.25, -0.2) is 0 Å². The standard InChI is InChI=1S/C23H25N3O2/c1-3-26(21-9-5-4-6-10-21)23(27)19-15-20(17-24-16-19)25-13-12-18-8-7-11-22(14-18)28-2/h4-11,14-17,25H,3,12-13H2,1-2H3. The molecule has 0 bridgehead atoms. The number of nitrogens with zero attached hydrogens (tertiary/aromatic N) is 2. The van der Waals surface area contributed by atoms with Crippen molar-refractivity contribution in [2.75, 3.05) is 30.4 Å². The number of methoxy groups -OCH3 is 1. The van der Waals surface area contributed by atoms with Gasteiger partial charge in [0.05, 0.1) is 18.4 Å². The fourth-order valence-electron chi connectivity index (χ4n) is 3.04. The summed E-state index contributed by atoms with van der Waals surface area (Å²) >= 11 is 0. The number of pyridine rings is 1. The van der Waals surface area contributed by atoms with Gasteiger partial charge in [0.25, 0.3) is 5.91 Å². The molecule has 1 aromatic heterocycles. The number of hydrogen-bond acceptors (Lipinski definition) is 4. The van der Waals surface area contributed by atoms with Crippen molar-refractivity contribution in [1.29, 1.82) is 0 Å². The minimum atomic E-state index is -0.0577. The Kier molecular flexibility index (Phi) is 6.63. The quantitative estimate of drug-likeness (QED) is 0.634. The molecule has 0 aliphatic heterocycles. The third-order valence-corrected chi connectivity index (χ3v) is 4.49. The largest absolute Gasteiger partial charge is 0.497 e. The second-order valence-electron chi connectivity index (χ2n) is 6.38. The Balaban J connectivity index is 1.65. The highest BCUT2D eigenvalue weighted by molar-refractivity contribution is 6.06. The fraction of sp³-hybridized carbons (Fsp3) is 0.217. The van der Waals surface area contributed by atoms with Gasteiger partial charge in [0, 0.05) is 31.2 Å². The van der Waals surface area contributed by atoms with Crippen LogP contribution in [0.4, 0.5) is 11.4 Å². The Labute approximate surface area is 166 Å². The zero-order valence-electron chi connectivity index (χ0n) is 16.3. The first kappa shape index (κ1) is 19.4. The first-order valence-electron chi connectivity index (χ1n) is 9.40. The maximum absolute atomic E-state index is 12.9. The minimum Gasteiger partial charge on any atom is -0.497 e. The first-order chi connectivity index (χ1) is 13.7. The van der Waals surface area contributed by atoms with Gasteiger partial charge in [-0.1, -0.05) is 30.3 Å². The normalized spacial score (nSPS) is 10.4. The van der Waals surface area contributed by atoms with Crippen LogP contribution in [0.25, 0.3) is 0 Å². The van der Waals surface area contributed by atoms with E-state index in [4.69, 9.17) is 4.74 Å². The molecule has 144 valence electrons. The van der Waals surface area contributed by atoms with Crippen molar-refractivity contribution in [3.05, 3.63) is 84.2 Å². The van der Waals surface area contributed by atoms with E-state index in [0.29, 0.717) is 12.1 Å². The van der Waals surface area contributed by atoms with E-state index in [0.717, 1.165) is 30.1 Å². The Bertz CT molecular complexity index is 912. The van der Waals surface area contributed by atoms with Crippen LogP contribution in [-0.2, 0) is 6.42 Å². The van der Waals surface area contributed by atoms with Crippen molar-refractivity contribution in [3.63, 3.8) is 0 Å². The number of hydrogen-bond donors (Lipinski definition) is 1. The maximum atomic E-state index is 12.9. The van der Waals surface area contributed by atoms with Crippen molar-refractivity contribution >= 4 is 17.3 Å². The summed E-state index contributed by atoms with van der Waals surface area (Å²) in [6, 6.07) is 19.5. The molecule has 2 aromatic carbocycles. The second kappa shape index (κ2) is 9.55. The van der Waals surface area contributed by atoms with Gasteiger partial charge in [-0.3, -0.25) is 9.78 Å². The molecule has 3 aromatic rings. The van der Waals surface area contributed by atoms with Crippen molar-refractivity contribution in [3.8, 4) is 5.75 Å². The van der Waals surface area contributed by atoms with Crippen LogP contribution in [0.1, 0.15) is 22.8 Å². The summed E-state index contributed by atoms with van der Waals surface area (Å²) < 4.78 is 5.26. The van der Waals surface area contributed by atoms with Crippen LogP contribution in [0.3, 0.4) is 0 Å². The second-order valence-corrected chi connectivity index (χ2v) is 6.38. The monoisotopic (exact) mass is 375 g/mol. The molecule has 0 unspecified atom stereocenters. The van der Waals surface area contributed by atoms with E-state index in [1.54, 1.807) is 24.4 Å². The van der Waals surface area contributed by atoms with Crippen LogP contribution < -0.4 is 15.0 Å². The van der Waals surface area contributed by atoms with E-state index in [2.05, 4.69) is 16.4 Å². The van der Waals surface area contributed by atoms with Gasteiger partial charge in [-0.15, -0.1) is 0 Å². The predicted octanol–water partition coefficient (Wildman–Crippen LogP) is 4.41. The Hall–Kier alpha value is -3.34. The van der Waals surface area contributed by atoms with E-state index < -0.39 is 0 Å². The van der Waals surface area contributed by atoms with Crippen molar-refractivity contribution in [2.45, 2.75) is 13.3 Å². The highest BCUT2D eigenvalue weighted by Crippen LogP contribution is 2.18. The molecule has 5 heteroatoms. The van der Waals surface area contributed by atoms with Crippen LogP contribution in [0.2, 0.25) is 0 Å². The Morgan fingerprint density at radius 2 is 1.89 bits per heavy atom. The Morgan fingerprint density at radius 1 is 1.07 bits per heavy atom. The van der Waals surface area contributed by atoms with Crippen LogP contribution in [0.15, 0.2) is 73.1 Å². The number of nitrogens with one attached hydrogen (secondary N) is 1. The van der Waals surface area contributed by atoms with Gasteiger partial charge in [-0.05, 0) is 49.2 Å². The van der Waals surface area contributed by atoms with Gasteiger partial charge < -0.3 is 15.0 Å². The third kappa shape index (κ3) is 4.88. The molecule has 0 aliphatic rings. The summed E-state index contributed by atoms with van der Waals surface area (Å²) in [5.74, 6) is 0.796. The lowest BCUT2D eigenvalue weighted by molar-refractivity contribution is 0.0988. The lowest BCUT2D eigenvalue weighted by Crippen LogP contribution is -2.30. The smallest absolute Gasteiger partial charge is 0.259 e. The lowest BCUT2D eigenvalue weighted by atomic mass is 10.1. The lowest BCUT2D eigenvalue weighted by Gasteiger charge is -2.21. The number of amides is 1. The van der Waals surface area contributed by atoms with E-state index in [9.17, 15) is 4.79 Å². The summed E-state index contributed by atoms with van der Waals surface area (Å²) in [7, 11) is 1.67. The van der Waals surface area contributed by atoms with Crippen LogP contribution in [0, 0.1) is 0 Å². The summed E-state index contributed by atoms with van der Waals surface area (Å²) in [5, 5.41) is 3.35. The molecule has 1 N–H and O–H groups in total. The molecule has 28 heavy (non-hydrogen) atoms. The van der Waals surface area contributed by atoms with Crippen LogP contribution in [0.5, 0.6) is 5.75 Å². The van der Waals surface area contributed by atoms with Crippen molar-refractivity contribution < 1.29 is 9.53 Å². The average Bonchev–Trinajstić information content (AvgIpc) is 2.75. The topological polar surface area (TPSA) is 54.5 Å². The number of rotatable bonds is 8. The SMILES string of the molecule is CCN(C(=O)c1cncc(NCCc2cccc(OC)c2)c1)c1ccccc1. The number of carbonyl (C=O) groups is 1. The van der Waals surface area contributed by atoms with Gasteiger partial charge in [0.2, 0.25) is 0 Å². The number of aromatic nitrogens is 1. The minimum absolute atomic E-state index is 0.0577. The van der Waals surface area contributed by atoms with Gasteiger partial charge >= 0.3 is 0 Å². The number of carbonyl (C=O) groups excluding carboxylic acids is 1. The maximum Gasteiger partial charge on any atom is 0.259 e. The number of benzene rings is 2. The molecule has 0 saturated carbocycles. The molecular weight excluding hydrogens is 350 g/mol. The molecule has 0 spiro atoms. The molecular formula is C23H25N3O2. The molecule has 1 amide bonds. The zero-order valence-corrected chi connectivity index (χ0v) is 16.3. The molecule has 0 aliphatic carbocycles. The van der Waals surface area contributed by atoms with Crippen LogP contribution >= 0.6 is 0 Å². The summed E-state index contributed by atoms with van der Waals surface area (Å²) in [6.45, 7) is 3.30. The molecule has 0 saturated heterocycles. The van der Waals surface area contributed by atoms with Crippen molar-refractivity contribution in [1.82, 2.24) is 4.98 Å². The van der Waals surface area contributed by atoms with E-state index >= 15 is 0 Å². The number of para-hydroxylation sites is 1. The first-order valence-corrected chi connectivity index (χ1v) is 9.40. The summed E-state index contributed by atoms with van der Waals surface area (Å²) in [6.07, 6.45) is 4.20. The van der Waals surface area contributed by atoms with Crippen molar-refractivity contribution in [2.24, 2.45) is 0 Å². The molecule has 3 rings (SSSR count). The number of anilines is 2.